The lowest BCUT2D eigenvalue weighted by atomic mass is 10.00. The topological polar surface area (TPSA) is 79.8 Å². The van der Waals surface area contributed by atoms with Gasteiger partial charge in [-0.15, -0.1) is 5.10 Å². The first-order chi connectivity index (χ1) is 13.1. The van der Waals surface area contributed by atoms with E-state index in [1.807, 2.05) is 31.2 Å². The second-order valence-electron chi connectivity index (χ2n) is 6.46. The zero-order valence-corrected chi connectivity index (χ0v) is 16.4. The molecule has 27 heavy (non-hydrogen) atoms. The fourth-order valence-corrected chi connectivity index (χ4v) is 3.83. The monoisotopic (exact) mass is 384 g/mol. The normalized spacial score (nSPS) is 12.2. The maximum atomic E-state index is 12.4. The molecule has 0 radical (unpaired) electrons. The van der Waals surface area contributed by atoms with Crippen LogP contribution in [-0.2, 0) is 11.3 Å². The van der Waals surface area contributed by atoms with Crippen LogP contribution in [0.25, 0.3) is 10.8 Å². The first-order valence-electron chi connectivity index (χ1n) is 9.15. The molecule has 1 aromatic heterocycles. The molecule has 1 unspecified atom stereocenters. The standard InChI is InChI=1S/C20H24N4O2S/c1-3-4-12-24-19(26)22-23-20(24)27-13-18(25)21-14(2)16-11-7-9-15-8-5-6-10-17(15)16/h5-11,14H,3-4,12-13H2,1-2H3,(H,21,25)(H,22,26). The van der Waals surface area contributed by atoms with Crippen LogP contribution >= 0.6 is 11.8 Å². The minimum absolute atomic E-state index is 0.0853. The van der Waals surface area contributed by atoms with Gasteiger partial charge in [-0.2, -0.15) is 0 Å². The maximum Gasteiger partial charge on any atom is 0.343 e. The second-order valence-corrected chi connectivity index (χ2v) is 7.41. The van der Waals surface area contributed by atoms with Crippen molar-refractivity contribution < 1.29 is 4.79 Å². The summed E-state index contributed by atoms with van der Waals surface area (Å²) in [7, 11) is 0. The number of fused-ring (bicyclic) bond motifs is 1. The van der Waals surface area contributed by atoms with Gasteiger partial charge in [-0.1, -0.05) is 67.6 Å². The van der Waals surface area contributed by atoms with E-state index >= 15 is 0 Å². The fourth-order valence-electron chi connectivity index (χ4n) is 3.05. The number of nitrogens with one attached hydrogen (secondary N) is 2. The molecule has 2 N–H and O–H groups in total. The van der Waals surface area contributed by atoms with Crippen molar-refractivity contribution in [3.63, 3.8) is 0 Å². The average molecular weight is 385 g/mol. The van der Waals surface area contributed by atoms with Crippen LogP contribution in [0.1, 0.15) is 38.3 Å². The number of amides is 1. The molecule has 0 spiro atoms. The summed E-state index contributed by atoms with van der Waals surface area (Å²) >= 11 is 1.28. The zero-order valence-electron chi connectivity index (χ0n) is 15.6. The Hall–Kier alpha value is -2.54. The van der Waals surface area contributed by atoms with Crippen molar-refractivity contribution in [2.45, 2.75) is 44.4 Å². The quantitative estimate of drug-likeness (QED) is 0.583. The Labute approximate surface area is 162 Å². The number of rotatable bonds is 8. The van der Waals surface area contributed by atoms with Gasteiger partial charge in [0.1, 0.15) is 0 Å². The molecule has 3 aromatic rings. The number of nitrogens with zero attached hydrogens (tertiary/aromatic N) is 2. The van der Waals surface area contributed by atoms with E-state index in [2.05, 4.69) is 40.6 Å². The summed E-state index contributed by atoms with van der Waals surface area (Å²) in [5.74, 6) is 0.129. The van der Waals surface area contributed by atoms with Gasteiger partial charge in [0.05, 0.1) is 11.8 Å². The number of carbonyl (C=O) groups excluding carboxylic acids is 1. The number of unbranched alkanes of at least 4 members (excludes halogenated alkanes) is 1. The Kier molecular flexibility index (Phi) is 6.34. The number of H-pyrrole nitrogens is 1. The summed E-state index contributed by atoms with van der Waals surface area (Å²) in [5.41, 5.74) is 0.863. The molecule has 0 aliphatic rings. The highest BCUT2D eigenvalue weighted by Crippen LogP contribution is 2.24. The number of thioether (sulfide) groups is 1. The molecule has 1 amide bonds. The molecule has 0 saturated heterocycles. The van der Waals surface area contributed by atoms with E-state index in [0.717, 1.165) is 29.2 Å². The number of carbonyl (C=O) groups is 1. The Balaban J connectivity index is 1.63. The van der Waals surface area contributed by atoms with E-state index in [4.69, 9.17) is 0 Å². The van der Waals surface area contributed by atoms with Crippen molar-refractivity contribution in [3.8, 4) is 0 Å². The number of aromatic amines is 1. The average Bonchev–Trinajstić information content (AvgIpc) is 3.03. The molecule has 3 rings (SSSR count). The molecule has 0 fully saturated rings. The van der Waals surface area contributed by atoms with Gasteiger partial charge >= 0.3 is 5.69 Å². The maximum absolute atomic E-state index is 12.4. The van der Waals surface area contributed by atoms with E-state index < -0.39 is 0 Å². The van der Waals surface area contributed by atoms with E-state index in [1.165, 1.54) is 11.8 Å². The van der Waals surface area contributed by atoms with Crippen LogP contribution < -0.4 is 11.0 Å². The van der Waals surface area contributed by atoms with E-state index in [1.54, 1.807) is 4.57 Å². The Morgan fingerprint density at radius 2 is 2.04 bits per heavy atom. The van der Waals surface area contributed by atoms with Crippen molar-refractivity contribution >= 4 is 28.4 Å². The van der Waals surface area contributed by atoms with E-state index in [0.29, 0.717) is 11.7 Å². The Morgan fingerprint density at radius 3 is 2.85 bits per heavy atom. The van der Waals surface area contributed by atoms with E-state index in [-0.39, 0.29) is 23.4 Å². The number of hydrogen-bond acceptors (Lipinski definition) is 4. The van der Waals surface area contributed by atoms with Gasteiger partial charge in [0.25, 0.3) is 0 Å². The predicted octanol–water partition coefficient (Wildman–Crippen LogP) is 3.49. The highest BCUT2D eigenvalue weighted by atomic mass is 32.2. The summed E-state index contributed by atoms with van der Waals surface area (Å²) in [4.78, 5) is 24.2. The van der Waals surface area contributed by atoms with Gasteiger partial charge in [0.2, 0.25) is 5.91 Å². The Morgan fingerprint density at radius 1 is 1.26 bits per heavy atom. The van der Waals surface area contributed by atoms with Crippen LogP contribution in [0.3, 0.4) is 0 Å². The van der Waals surface area contributed by atoms with Crippen LogP contribution in [-0.4, -0.2) is 26.4 Å². The summed E-state index contributed by atoms with van der Waals surface area (Å²) < 4.78 is 1.59. The number of aromatic nitrogens is 3. The van der Waals surface area contributed by atoms with Gasteiger partial charge in [-0.3, -0.25) is 9.36 Å². The van der Waals surface area contributed by atoms with Crippen molar-refractivity contribution in [3.05, 3.63) is 58.5 Å². The number of hydrogen-bond donors (Lipinski definition) is 2. The minimum Gasteiger partial charge on any atom is -0.349 e. The lowest BCUT2D eigenvalue weighted by molar-refractivity contribution is -0.119. The fraction of sp³-hybridized carbons (Fsp3) is 0.350. The van der Waals surface area contributed by atoms with Crippen molar-refractivity contribution in [1.82, 2.24) is 20.1 Å². The zero-order chi connectivity index (χ0) is 19.2. The first kappa shape index (κ1) is 19.2. The van der Waals surface area contributed by atoms with Gasteiger partial charge in [0.15, 0.2) is 5.16 Å². The lowest BCUT2D eigenvalue weighted by Gasteiger charge is -2.16. The van der Waals surface area contributed by atoms with Crippen molar-refractivity contribution in [2.24, 2.45) is 0 Å². The largest absolute Gasteiger partial charge is 0.349 e. The molecule has 0 bridgehead atoms. The highest BCUT2D eigenvalue weighted by molar-refractivity contribution is 7.99. The molecule has 0 aliphatic carbocycles. The minimum atomic E-state index is -0.226. The molecule has 142 valence electrons. The lowest BCUT2D eigenvalue weighted by Crippen LogP contribution is -2.28. The Bertz CT molecular complexity index is 974. The number of benzene rings is 2. The van der Waals surface area contributed by atoms with Gasteiger partial charge < -0.3 is 5.32 Å². The molecular formula is C20H24N4O2S. The predicted molar refractivity (Wildman–Crippen MR) is 109 cm³/mol. The van der Waals surface area contributed by atoms with Crippen LogP contribution in [0.2, 0.25) is 0 Å². The molecule has 0 aliphatic heterocycles. The molecular weight excluding hydrogens is 360 g/mol. The van der Waals surface area contributed by atoms with Gasteiger partial charge in [0, 0.05) is 6.54 Å². The molecule has 6 nitrogen and oxygen atoms in total. The molecule has 2 aromatic carbocycles. The molecule has 1 heterocycles. The SMILES string of the molecule is CCCCn1c(SCC(=O)NC(C)c2cccc3ccccc23)n[nH]c1=O. The van der Waals surface area contributed by atoms with Crippen molar-refractivity contribution in [2.75, 3.05) is 5.75 Å². The molecule has 1 atom stereocenters. The summed E-state index contributed by atoms with van der Waals surface area (Å²) in [6.07, 6.45) is 1.89. The smallest absolute Gasteiger partial charge is 0.343 e. The third-order valence-corrected chi connectivity index (χ3v) is 5.43. The van der Waals surface area contributed by atoms with E-state index in [9.17, 15) is 9.59 Å². The second kappa shape index (κ2) is 8.90. The summed E-state index contributed by atoms with van der Waals surface area (Å²) in [6, 6.07) is 14.1. The molecule has 0 saturated carbocycles. The third-order valence-electron chi connectivity index (χ3n) is 4.46. The third kappa shape index (κ3) is 4.60. The van der Waals surface area contributed by atoms with Crippen LogP contribution in [0, 0.1) is 0 Å². The van der Waals surface area contributed by atoms with Crippen LogP contribution in [0.4, 0.5) is 0 Å². The molecule has 7 heteroatoms. The first-order valence-corrected chi connectivity index (χ1v) is 10.1. The summed E-state index contributed by atoms with van der Waals surface area (Å²) in [6.45, 7) is 4.66. The van der Waals surface area contributed by atoms with Crippen LogP contribution in [0.15, 0.2) is 52.4 Å². The van der Waals surface area contributed by atoms with Crippen LogP contribution in [0.5, 0.6) is 0 Å². The van der Waals surface area contributed by atoms with Gasteiger partial charge in [-0.05, 0) is 29.7 Å². The summed E-state index contributed by atoms with van der Waals surface area (Å²) in [5, 5.41) is 12.4. The highest BCUT2D eigenvalue weighted by Gasteiger charge is 2.15. The van der Waals surface area contributed by atoms with Gasteiger partial charge in [-0.25, -0.2) is 9.89 Å². The van der Waals surface area contributed by atoms with Crippen molar-refractivity contribution in [1.29, 1.82) is 0 Å².